The lowest BCUT2D eigenvalue weighted by atomic mass is 10.0. The van der Waals surface area contributed by atoms with E-state index in [2.05, 4.69) is 20.9 Å². The Morgan fingerprint density at radius 3 is 2.38 bits per heavy atom. The molecule has 2 aliphatic heterocycles. The van der Waals surface area contributed by atoms with Crippen molar-refractivity contribution in [3.8, 4) is 11.5 Å². The standard InChI is InChI=1S/C26H35N5O5S/c1-18(15-22-21-16-24(35-2)25(36-3)17-23(21)29-26(22)32)28-19-5-7-20(8-6-19)31(37(4,33)34)14-13-30-11-9-27-10-12-30/h5-8,15-18,27-28H,9-14H2,1-4H3,(H,29,32). The minimum absolute atomic E-state index is 0.177. The third kappa shape index (κ3) is 6.35. The molecule has 2 aliphatic rings. The first-order chi connectivity index (χ1) is 17.7. The van der Waals surface area contributed by atoms with Gasteiger partial charge < -0.3 is 25.4 Å². The van der Waals surface area contributed by atoms with E-state index in [0.29, 0.717) is 41.5 Å². The number of anilines is 3. The van der Waals surface area contributed by atoms with Gasteiger partial charge in [-0.25, -0.2) is 8.42 Å². The Hall–Kier alpha value is -3.28. The Labute approximate surface area is 218 Å². The van der Waals surface area contributed by atoms with E-state index in [1.807, 2.05) is 25.1 Å². The number of carbonyl (C=O) groups is 1. The maximum absolute atomic E-state index is 12.6. The topological polar surface area (TPSA) is 112 Å². The van der Waals surface area contributed by atoms with Gasteiger partial charge in [0.2, 0.25) is 10.0 Å². The van der Waals surface area contributed by atoms with E-state index in [-0.39, 0.29) is 11.9 Å². The molecule has 1 atom stereocenters. The van der Waals surface area contributed by atoms with Gasteiger partial charge in [0.25, 0.3) is 5.91 Å². The first-order valence-corrected chi connectivity index (χ1v) is 14.1. The predicted molar refractivity (Wildman–Crippen MR) is 147 cm³/mol. The van der Waals surface area contributed by atoms with E-state index in [1.165, 1.54) is 10.6 Å². The summed E-state index contributed by atoms with van der Waals surface area (Å²) in [7, 11) is -0.309. The van der Waals surface area contributed by atoms with Crippen LogP contribution in [0, 0.1) is 0 Å². The molecule has 0 aliphatic carbocycles. The summed E-state index contributed by atoms with van der Waals surface area (Å²) >= 11 is 0. The number of nitrogens with one attached hydrogen (secondary N) is 3. The Kier molecular flexibility index (Phi) is 8.25. The number of piperazine rings is 1. The van der Waals surface area contributed by atoms with E-state index < -0.39 is 10.0 Å². The lowest BCUT2D eigenvalue weighted by Crippen LogP contribution is -2.47. The van der Waals surface area contributed by atoms with Gasteiger partial charge in [-0.1, -0.05) is 0 Å². The molecule has 1 saturated heterocycles. The monoisotopic (exact) mass is 529 g/mol. The first kappa shape index (κ1) is 26.8. The van der Waals surface area contributed by atoms with Crippen molar-refractivity contribution in [3.05, 3.63) is 48.0 Å². The molecular formula is C26H35N5O5S. The highest BCUT2D eigenvalue weighted by molar-refractivity contribution is 7.92. The normalized spacial score (nSPS) is 17.7. The largest absolute Gasteiger partial charge is 0.493 e. The third-order valence-corrected chi connectivity index (χ3v) is 7.70. The SMILES string of the molecule is COc1cc2c(cc1OC)C(=CC(C)Nc1ccc(N(CCN3CCNCC3)S(C)(=O)=O)cc1)C(=O)N2. The van der Waals surface area contributed by atoms with Crippen molar-refractivity contribution in [2.45, 2.75) is 13.0 Å². The Balaban J connectivity index is 1.46. The maximum Gasteiger partial charge on any atom is 0.256 e. The fourth-order valence-electron chi connectivity index (χ4n) is 4.61. The second-order valence-electron chi connectivity index (χ2n) is 9.19. The molecule has 200 valence electrons. The van der Waals surface area contributed by atoms with Crippen molar-refractivity contribution >= 4 is 38.6 Å². The van der Waals surface area contributed by atoms with Gasteiger partial charge >= 0.3 is 0 Å². The number of nitrogens with zero attached hydrogens (tertiary/aromatic N) is 2. The highest BCUT2D eigenvalue weighted by Gasteiger charge is 2.27. The van der Waals surface area contributed by atoms with Crippen LogP contribution >= 0.6 is 0 Å². The molecule has 1 amide bonds. The molecule has 0 spiro atoms. The molecule has 1 unspecified atom stereocenters. The number of ether oxygens (including phenoxy) is 2. The van der Waals surface area contributed by atoms with E-state index >= 15 is 0 Å². The van der Waals surface area contributed by atoms with Gasteiger partial charge in [0.15, 0.2) is 11.5 Å². The zero-order chi connectivity index (χ0) is 26.6. The molecule has 10 nitrogen and oxygen atoms in total. The summed E-state index contributed by atoms with van der Waals surface area (Å²) in [4.78, 5) is 14.9. The third-order valence-electron chi connectivity index (χ3n) is 6.50. The molecule has 37 heavy (non-hydrogen) atoms. The van der Waals surface area contributed by atoms with Gasteiger partial charge in [-0.2, -0.15) is 0 Å². The molecule has 0 aromatic heterocycles. The van der Waals surface area contributed by atoms with Crippen molar-refractivity contribution in [2.24, 2.45) is 0 Å². The number of hydrogen-bond acceptors (Lipinski definition) is 8. The fraction of sp³-hybridized carbons (Fsp3) is 0.423. The smallest absolute Gasteiger partial charge is 0.256 e. The van der Waals surface area contributed by atoms with E-state index in [1.54, 1.807) is 38.5 Å². The minimum Gasteiger partial charge on any atom is -0.493 e. The number of carbonyl (C=O) groups excluding carboxylic acids is 1. The van der Waals surface area contributed by atoms with Crippen molar-refractivity contribution in [2.75, 3.05) is 74.7 Å². The summed E-state index contributed by atoms with van der Waals surface area (Å²) in [5, 5.41) is 9.55. The number of amides is 1. The molecule has 2 heterocycles. The number of sulfonamides is 1. The minimum atomic E-state index is -3.42. The van der Waals surface area contributed by atoms with Crippen LogP contribution in [0.5, 0.6) is 11.5 Å². The van der Waals surface area contributed by atoms with E-state index in [9.17, 15) is 13.2 Å². The molecule has 2 aromatic carbocycles. The number of benzene rings is 2. The molecule has 2 aromatic rings. The van der Waals surface area contributed by atoms with Crippen LogP contribution in [0.25, 0.3) is 5.57 Å². The van der Waals surface area contributed by atoms with Gasteiger partial charge in [-0.15, -0.1) is 0 Å². The van der Waals surface area contributed by atoms with Crippen LogP contribution in [0.3, 0.4) is 0 Å². The van der Waals surface area contributed by atoms with Crippen molar-refractivity contribution in [1.29, 1.82) is 0 Å². The quantitative estimate of drug-likeness (QED) is 0.402. The zero-order valence-corrected chi connectivity index (χ0v) is 22.5. The average molecular weight is 530 g/mol. The van der Waals surface area contributed by atoms with E-state index in [0.717, 1.165) is 37.4 Å². The van der Waals surface area contributed by atoms with Gasteiger partial charge in [0.05, 0.1) is 31.9 Å². The molecule has 1 fully saturated rings. The van der Waals surface area contributed by atoms with Gasteiger partial charge in [-0.3, -0.25) is 14.0 Å². The van der Waals surface area contributed by atoms with Crippen LogP contribution in [-0.4, -0.2) is 85.0 Å². The Morgan fingerprint density at radius 1 is 1.11 bits per heavy atom. The Morgan fingerprint density at radius 2 is 1.76 bits per heavy atom. The summed E-state index contributed by atoms with van der Waals surface area (Å²) < 4.78 is 37.2. The number of methoxy groups -OCH3 is 2. The number of hydrogen-bond donors (Lipinski definition) is 3. The lowest BCUT2D eigenvalue weighted by molar-refractivity contribution is -0.110. The average Bonchev–Trinajstić information content (AvgIpc) is 3.17. The highest BCUT2D eigenvalue weighted by Crippen LogP contribution is 2.40. The second-order valence-corrected chi connectivity index (χ2v) is 11.1. The molecular weight excluding hydrogens is 494 g/mol. The molecule has 0 saturated carbocycles. The van der Waals surface area contributed by atoms with Crippen molar-refractivity contribution in [1.82, 2.24) is 10.2 Å². The summed E-state index contributed by atoms with van der Waals surface area (Å²) in [6.07, 6.45) is 3.09. The lowest BCUT2D eigenvalue weighted by Gasteiger charge is -2.30. The summed E-state index contributed by atoms with van der Waals surface area (Å²) in [5.74, 6) is 0.903. The van der Waals surface area contributed by atoms with Gasteiger partial charge in [-0.05, 0) is 43.3 Å². The highest BCUT2D eigenvalue weighted by atomic mass is 32.2. The number of fused-ring (bicyclic) bond motifs is 1. The molecule has 0 radical (unpaired) electrons. The van der Waals surface area contributed by atoms with E-state index in [4.69, 9.17) is 9.47 Å². The molecule has 11 heteroatoms. The summed E-state index contributed by atoms with van der Waals surface area (Å²) in [6, 6.07) is 10.7. The summed E-state index contributed by atoms with van der Waals surface area (Å²) in [6.45, 7) is 6.69. The number of rotatable bonds is 10. The van der Waals surface area contributed by atoms with Gasteiger partial charge in [0.1, 0.15) is 0 Å². The van der Waals surface area contributed by atoms with Crippen LogP contribution in [0.15, 0.2) is 42.5 Å². The molecule has 0 bridgehead atoms. The van der Waals surface area contributed by atoms with Crippen LogP contribution in [-0.2, 0) is 14.8 Å². The van der Waals surface area contributed by atoms with Crippen LogP contribution < -0.4 is 29.7 Å². The van der Waals surface area contributed by atoms with Crippen LogP contribution in [0.1, 0.15) is 12.5 Å². The van der Waals surface area contributed by atoms with Gasteiger partial charge in [0, 0.05) is 68.2 Å². The van der Waals surface area contributed by atoms with Crippen LogP contribution in [0.4, 0.5) is 17.1 Å². The maximum atomic E-state index is 12.6. The fourth-order valence-corrected chi connectivity index (χ4v) is 5.53. The first-order valence-electron chi connectivity index (χ1n) is 12.3. The van der Waals surface area contributed by atoms with Crippen molar-refractivity contribution in [3.63, 3.8) is 0 Å². The van der Waals surface area contributed by atoms with Crippen LogP contribution in [0.2, 0.25) is 0 Å². The summed E-state index contributed by atoms with van der Waals surface area (Å²) in [5.41, 5.74) is 3.41. The zero-order valence-electron chi connectivity index (χ0n) is 21.7. The molecule has 3 N–H and O–H groups in total. The second kappa shape index (κ2) is 11.4. The molecule has 4 rings (SSSR count). The predicted octanol–water partition coefficient (Wildman–Crippen LogP) is 2.21. The van der Waals surface area contributed by atoms with Crippen molar-refractivity contribution < 1.29 is 22.7 Å². The Bertz CT molecular complexity index is 1260.